The van der Waals surface area contributed by atoms with Crippen LogP contribution in [0.2, 0.25) is 0 Å². The number of hydrogen-bond acceptors (Lipinski definition) is 4. The Hall–Kier alpha value is -2.17. The van der Waals surface area contributed by atoms with Gasteiger partial charge in [0.1, 0.15) is 5.82 Å². The molecule has 0 saturated carbocycles. The summed E-state index contributed by atoms with van der Waals surface area (Å²) in [6.07, 6.45) is 2.28. The monoisotopic (exact) mass is 275 g/mol. The number of hydrogen-bond donors (Lipinski definition) is 1. The van der Waals surface area contributed by atoms with Gasteiger partial charge in [-0.3, -0.25) is 0 Å². The van der Waals surface area contributed by atoms with Crippen molar-refractivity contribution in [1.82, 2.24) is 9.97 Å². The fraction of sp³-hybridized carbons (Fsp3) is 0.333. The lowest BCUT2D eigenvalue weighted by atomic mass is 10.1. The molecule has 0 aliphatic heterocycles. The number of halogens is 1. The summed E-state index contributed by atoms with van der Waals surface area (Å²) in [5, 5.41) is 3.07. The van der Waals surface area contributed by atoms with E-state index in [9.17, 15) is 4.39 Å². The van der Waals surface area contributed by atoms with E-state index in [0.29, 0.717) is 30.4 Å². The summed E-state index contributed by atoms with van der Waals surface area (Å²) in [6, 6.07) is 8.45. The Balaban J connectivity index is 1.89. The first-order valence-corrected chi connectivity index (χ1v) is 6.62. The van der Waals surface area contributed by atoms with Gasteiger partial charge in [-0.05, 0) is 31.9 Å². The van der Waals surface area contributed by atoms with E-state index in [1.54, 1.807) is 24.4 Å². The van der Waals surface area contributed by atoms with E-state index in [2.05, 4.69) is 15.3 Å². The van der Waals surface area contributed by atoms with Crippen LogP contribution in [0.3, 0.4) is 0 Å². The molecule has 20 heavy (non-hydrogen) atoms. The van der Waals surface area contributed by atoms with E-state index >= 15 is 0 Å². The second-order valence-corrected chi connectivity index (χ2v) is 4.65. The van der Waals surface area contributed by atoms with Gasteiger partial charge in [-0.1, -0.05) is 18.2 Å². The molecule has 0 aliphatic carbocycles. The van der Waals surface area contributed by atoms with Gasteiger partial charge in [0.05, 0.1) is 6.10 Å². The summed E-state index contributed by atoms with van der Waals surface area (Å²) in [6.45, 7) is 4.44. The Kier molecular flexibility index (Phi) is 4.87. The molecule has 1 N–H and O–H groups in total. The number of aromatic nitrogens is 2. The van der Waals surface area contributed by atoms with E-state index in [0.717, 1.165) is 0 Å². The van der Waals surface area contributed by atoms with Gasteiger partial charge in [-0.15, -0.1) is 0 Å². The first kappa shape index (κ1) is 14.2. The van der Waals surface area contributed by atoms with Gasteiger partial charge in [-0.25, -0.2) is 9.37 Å². The largest absolute Gasteiger partial charge is 0.475 e. The first-order valence-electron chi connectivity index (χ1n) is 6.62. The molecular weight excluding hydrogens is 257 g/mol. The standard InChI is InChI=1S/C15H18FN3O/c1-11(2)20-14-8-10-18-15(19-14)17-9-7-12-5-3-4-6-13(12)16/h3-6,8,10-11H,7,9H2,1-2H3,(H,17,18,19). The van der Waals surface area contributed by atoms with Crippen molar-refractivity contribution in [2.24, 2.45) is 0 Å². The van der Waals surface area contributed by atoms with Crippen LogP contribution >= 0.6 is 0 Å². The third-order valence-electron chi connectivity index (χ3n) is 2.62. The van der Waals surface area contributed by atoms with Gasteiger partial charge < -0.3 is 10.1 Å². The molecule has 0 unspecified atom stereocenters. The topological polar surface area (TPSA) is 47.0 Å². The molecule has 4 nitrogen and oxygen atoms in total. The van der Waals surface area contributed by atoms with E-state index < -0.39 is 0 Å². The lowest BCUT2D eigenvalue weighted by molar-refractivity contribution is 0.232. The highest BCUT2D eigenvalue weighted by molar-refractivity contribution is 5.28. The van der Waals surface area contributed by atoms with Crippen LogP contribution in [0.1, 0.15) is 19.4 Å². The molecule has 0 fully saturated rings. The number of nitrogens with one attached hydrogen (secondary N) is 1. The molecule has 0 amide bonds. The van der Waals surface area contributed by atoms with E-state index in [-0.39, 0.29) is 11.9 Å². The zero-order chi connectivity index (χ0) is 14.4. The van der Waals surface area contributed by atoms with Crippen LogP contribution in [-0.4, -0.2) is 22.6 Å². The highest BCUT2D eigenvalue weighted by Crippen LogP contribution is 2.11. The molecule has 0 atom stereocenters. The SMILES string of the molecule is CC(C)Oc1ccnc(NCCc2ccccc2F)n1. The highest BCUT2D eigenvalue weighted by atomic mass is 19.1. The third-order valence-corrected chi connectivity index (χ3v) is 2.62. The van der Waals surface area contributed by atoms with Crippen molar-refractivity contribution in [3.8, 4) is 5.88 Å². The number of benzene rings is 1. The molecule has 106 valence electrons. The maximum absolute atomic E-state index is 13.4. The molecule has 5 heteroatoms. The fourth-order valence-corrected chi connectivity index (χ4v) is 1.74. The summed E-state index contributed by atoms with van der Waals surface area (Å²) in [5.41, 5.74) is 0.676. The number of nitrogens with zero attached hydrogens (tertiary/aromatic N) is 2. The van der Waals surface area contributed by atoms with Gasteiger partial charge in [0, 0.05) is 18.8 Å². The van der Waals surface area contributed by atoms with Crippen LogP contribution in [0.4, 0.5) is 10.3 Å². The van der Waals surface area contributed by atoms with Crippen molar-refractivity contribution in [2.75, 3.05) is 11.9 Å². The summed E-state index contributed by atoms with van der Waals surface area (Å²) < 4.78 is 18.9. The molecule has 0 radical (unpaired) electrons. The Morgan fingerprint density at radius 2 is 2.05 bits per heavy atom. The van der Waals surface area contributed by atoms with E-state index in [4.69, 9.17) is 4.74 Å². The van der Waals surface area contributed by atoms with Crippen LogP contribution in [0, 0.1) is 5.82 Å². The lowest BCUT2D eigenvalue weighted by Crippen LogP contribution is -2.11. The normalized spacial score (nSPS) is 10.6. The second-order valence-electron chi connectivity index (χ2n) is 4.65. The highest BCUT2D eigenvalue weighted by Gasteiger charge is 2.03. The molecule has 0 spiro atoms. The average Bonchev–Trinajstić information content (AvgIpc) is 2.41. The minimum absolute atomic E-state index is 0.0659. The molecule has 0 aliphatic rings. The first-order chi connectivity index (χ1) is 9.65. The second kappa shape index (κ2) is 6.84. The molecule has 0 bridgehead atoms. The van der Waals surface area contributed by atoms with Crippen LogP contribution in [0.5, 0.6) is 5.88 Å². The van der Waals surface area contributed by atoms with Crippen molar-refractivity contribution in [2.45, 2.75) is 26.4 Å². The van der Waals surface area contributed by atoms with Gasteiger partial charge in [0.2, 0.25) is 11.8 Å². The molecule has 2 aromatic rings. The van der Waals surface area contributed by atoms with Gasteiger partial charge in [0.15, 0.2) is 0 Å². The lowest BCUT2D eigenvalue weighted by Gasteiger charge is -2.10. The predicted octanol–water partition coefficient (Wildman–Crippen LogP) is 3.06. The molecule has 2 rings (SSSR count). The summed E-state index contributed by atoms with van der Waals surface area (Å²) in [5.74, 6) is 0.829. The van der Waals surface area contributed by atoms with Crippen molar-refractivity contribution < 1.29 is 9.13 Å². The number of ether oxygens (including phenoxy) is 1. The summed E-state index contributed by atoms with van der Waals surface area (Å²) >= 11 is 0. The molecule has 1 aromatic heterocycles. The maximum atomic E-state index is 13.4. The Morgan fingerprint density at radius 1 is 1.25 bits per heavy atom. The molecular formula is C15H18FN3O. The minimum Gasteiger partial charge on any atom is -0.475 e. The average molecular weight is 275 g/mol. The number of rotatable bonds is 6. The summed E-state index contributed by atoms with van der Waals surface area (Å²) in [4.78, 5) is 8.33. The summed E-state index contributed by atoms with van der Waals surface area (Å²) in [7, 11) is 0. The Labute approximate surface area is 118 Å². The van der Waals surface area contributed by atoms with Crippen molar-refractivity contribution in [3.63, 3.8) is 0 Å². The maximum Gasteiger partial charge on any atom is 0.225 e. The molecule has 0 saturated heterocycles. The van der Waals surface area contributed by atoms with Crippen LogP contribution < -0.4 is 10.1 Å². The van der Waals surface area contributed by atoms with Gasteiger partial charge in [0.25, 0.3) is 0 Å². The quantitative estimate of drug-likeness (QED) is 0.880. The van der Waals surface area contributed by atoms with E-state index in [1.165, 1.54) is 6.07 Å². The smallest absolute Gasteiger partial charge is 0.225 e. The Morgan fingerprint density at radius 3 is 2.80 bits per heavy atom. The predicted molar refractivity (Wildman–Crippen MR) is 76.4 cm³/mol. The molecule has 1 aromatic carbocycles. The minimum atomic E-state index is -0.188. The van der Waals surface area contributed by atoms with Gasteiger partial charge in [-0.2, -0.15) is 4.98 Å². The zero-order valence-corrected chi connectivity index (χ0v) is 11.6. The van der Waals surface area contributed by atoms with Crippen LogP contribution in [0.25, 0.3) is 0 Å². The van der Waals surface area contributed by atoms with E-state index in [1.807, 2.05) is 19.9 Å². The van der Waals surface area contributed by atoms with Crippen molar-refractivity contribution >= 4 is 5.95 Å². The third kappa shape index (κ3) is 4.19. The Bertz CT molecular complexity index is 560. The van der Waals surface area contributed by atoms with Crippen molar-refractivity contribution in [1.29, 1.82) is 0 Å². The number of anilines is 1. The van der Waals surface area contributed by atoms with Crippen molar-refractivity contribution in [3.05, 3.63) is 47.9 Å². The molecule has 1 heterocycles. The zero-order valence-electron chi connectivity index (χ0n) is 11.6. The van der Waals surface area contributed by atoms with Crippen LogP contribution in [0.15, 0.2) is 36.5 Å². The van der Waals surface area contributed by atoms with Gasteiger partial charge >= 0.3 is 0 Å². The van der Waals surface area contributed by atoms with Crippen LogP contribution in [-0.2, 0) is 6.42 Å². The fourth-order valence-electron chi connectivity index (χ4n) is 1.74.